The highest BCUT2D eigenvalue weighted by atomic mass is 32.1. The van der Waals surface area contributed by atoms with Gasteiger partial charge in [0, 0.05) is 36.9 Å². The lowest BCUT2D eigenvalue weighted by atomic mass is 10.0. The van der Waals surface area contributed by atoms with Crippen LogP contribution in [0.25, 0.3) is 65.5 Å². The van der Waals surface area contributed by atoms with Gasteiger partial charge in [-0.1, -0.05) is 115 Å². The van der Waals surface area contributed by atoms with Crippen molar-refractivity contribution >= 4 is 31.5 Å². The van der Waals surface area contributed by atoms with Crippen LogP contribution >= 0.6 is 11.3 Å². The van der Waals surface area contributed by atoms with Crippen LogP contribution in [-0.4, -0.2) is 15.0 Å². The molecule has 0 saturated heterocycles. The van der Waals surface area contributed by atoms with E-state index in [1.807, 2.05) is 91.0 Å². The maximum Gasteiger partial charge on any atom is 0.165 e. The van der Waals surface area contributed by atoms with Crippen molar-refractivity contribution in [3.8, 4) is 45.3 Å². The molecule has 7 rings (SSSR count). The topological polar surface area (TPSA) is 38.7 Å². The van der Waals surface area contributed by atoms with E-state index in [1.165, 1.54) is 0 Å². The molecular formula is C33H21N3S. The summed E-state index contributed by atoms with van der Waals surface area (Å²) in [5, 5.41) is 2.04. The van der Waals surface area contributed by atoms with Gasteiger partial charge in [-0.05, 0) is 23.3 Å². The summed E-state index contributed by atoms with van der Waals surface area (Å²) in [4.78, 5) is 14.6. The largest absolute Gasteiger partial charge is 0.208 e. The summed E-state index contributed by atoms with van der Waals surface area (Å²) in [5.74, 6) is 1.73. The molecule has 0 unspecified atom stereocenters. The van der Waals surface area contributed by atoms with Gasteiger partial charge < -0.3 is 0 Å². The Hall–Kier alpha value is -4.67. The lowest BCUT2D eigenvalue weighted by Crippen LogP contribution is -2.00. The van der Waals surface area contributed by atoms with E-state index in [0.717, 1.165) is 36.9 Å². The predicted molar refractivity (Wildman–Crippen MR) is 154 cm³/mol. The molecule has 4 heteroatoms. The zero-order valence-electron chi connectivity index (χ0n) is 24.5. The third-order valence-electron chi connectivity index (χ3n) is 6.23. The number of aromatic nitrogens is 3. The van der Waals surface area contributed by atoms with Gasteiger partial charge in [0.15, 0.2) is 17.5 Å². The van der Waals surface area contributed by atoms with Crippen LogP contribution in [0.1, 0.15) is 6.85 Å². The summed E-state index contributed by atoms with van der Waals surface area (Å²) in [6.07, 6.45) is 0. The van der Waals surface area contributed by atoms with Crippen molar-refractivity contribution < 1.29 is 6.85 Å². The van der Waals surface area contributed by atoms with Gasteiger partial charge in [-0.25, -0.2) is 15.0 Å². The molecule has 0 fully saturated rings. The Balaban J connectivity index is 1.44. The van der Waals surface area contributed by atoms with Crippen LogP contribution < -0.4 is 0 Å². The van der Waals surface area contributed by atoms with Crippen molar-refractivity contribution in [1.82, 2.24) is 15.0 Å². The minimum Gasteiger partial charge on any atom is -0.208 e. The van der Waals surface area contributed by atoms with E-state index in [9.17, 15) is 0 Å². The second-order valence-electron chi connectivity index (χ2n) is 8.53. The van der Waals surface area contributed by atoms with Crippen LogP contribution in [0.2, 0.25) is 0 Å². The molecule has 2 heterocycles. The van der Waals surface area contributed by atoms with E-state index in [2.05, 4.69) is 6.07 Å². The first-order chi connectivity index (χ1) is 20.4. The van der Waals surface area contributed by atoms with Crippen LogP contribution in [0, 0.1) is 0 Å². The molecule has 0 spiro atoms. The number of hydrogen-bond donors (Lipinski definition) is 0. The van der Waals surface area contributed by atoms with E-state index in [0.29, 0.717) is 23.0 Å². The van der Waals surface area contributed by atoms with E-state index in [-0.39, 0.29) is 29.7 Å². The molecule has 5 aromatic carbocycles. The highest BCUT2D eigenvalue weighted by molar-refractivity contribution is 7.26. The van der Waals surface area contributed by atoms with Gasteiger partial charge in [-0.15, -0.1) is 11.3 Å². The van der Waals surface area contributed by atoms with Gasteiger partial charge in [0.2, 0.25) is 0 Å². The summed E-state index contributed by atoms with van der Waals surface area (Å²) in [5.41, 5.74) is 3.42. The lowest BCUT2D eigenvalue weighted by molar-refractivity contribution is 1.08. The summed E-state index contributed by atoms with van der Waals surface area (Å²) in [6.45, 7) is 0. The van der Waals surface area contributed by atoms with Crippen molar-refractivity contribution in [2.45, 2.75) is 0 Å². The molecule has 7 aromatic rings. The third-order valence-corrected chi connectivity index (χ3v) is 7.43. The average molecular weight is 497 g/mol. The van der Waals surface area contributed by atoms with Gasteiger partial charge in [-0.3, -0.25) is 0 Å². The molecule has 174 valence electrons. The van der Waals surface area contributed by atoms with Crippen LogP contribution in [-0.2, 0) is 0 Å². The van der Waals surface area contributed by atoms with Crippen molar-refractivity contribution in [2.24, 2.45) is 0 Å². The van der Waals surface area contributed by atoms with Crippen LogP contribution in [0.4, 0.5) is 0 Å². The standard InChI is InChI=1S/C33H21N3S/c1-4-11-22(12-5-1)25-19-20-26-27-17-10-18-28(30(27)37-29(26)21-25)33-35-31(23-13-6-2-7-14-23)34-32(36-33)24-15-8-3-9-16-24/h1-21H/i1D,4D,5D,11D,12D. The molecule has 0 radical (unpaired) electrons. The van der Waals surface area contributed by atoms with Crippen LogP contribution in [0.5, 0.6) is 0 Å². The molecule has 0 aliphatic rings. The van der Waals surface area contributed by atoms with E-state index < -0.39 is 6.04 Å². The first kappa shape index (κ1) is 16.9. The lowest BCUT2D eigenvalue weighted by Gasteiger charge is -2.09. The number of thiophene rings is 1. The minimum atomic E-state index is -0.400. The third kappa shape index (κ3) is 3.98. The number of fused-ring (bicyclic) bond motifs is 3. The molecule has 0 atom stereocenters. The van der Waals surface area contributed by atoms with Crippen LogP contribution in [0.3, 0.4) is 0 Å². The first-order valence-corrected chi connectivity index (χ1v) is 12.6. The van der Waals surface area contributed by atoms with E-state index >= 15 is 0 Å². The Morgan fingerprint density at radius 3 is 1.84 bits per heavy atom. The first-order valence-electron chi connectivity index (χ1n) is 14.3. The summed E-state index contributed by atoms with van der Waals surface area (Å²) < 4.78 is 42.9. The van der Waals surface area contributed by atoms with Crippen molar-refractivity contribution in [1.29, 1.82) is 0 Å². The Labute approximate surface area is 225 Å². The summed E-state index contributed by atoms with van der Waals surface area (Å²) >= 11 is 1.56. The molecule has 0 N–H and O–H groups in total. The smallest absolute Gasteiger partial charge is 0.165 e. The van der Waals surface area contributed by atoms with Crippen molar-refractivity contribution in [2.75, 3.05) is 0 Å². The Morgan fingerprint density at radius 2 is 1.16 bits per heavy atom. The van der Waals surface area contributed by atoms with Gasteiger partial charge in [0.05, 0.1) is 6.85 Å². The van der Waals surface area contributed by atoms with Crippen molar-refractivity contribution in [3.05, 3.63) is 127 Å². The SMILES string of the molecule is [2H]c1c([2H])c([2H])c(-c2ccc3c(c2)sc2c(-c4nc(-c5ccccc5)nc(-c5ccccc5)n4)cccc23)c([2H])c1[2H]. The fraction of sp³-hybridized carbons (Fsp3) is 0. The zero-order chi connectivity index (χ0) is 29.0. The molecule has 0 aliphatic heterocycles. The molecular weight excluding hydrogens is 470 g/mol. The highest BCUT2D eigenvalue weighted by Gasteiger charge is 2.16. The minimum absolute atomic E-state index is 0.193. The van der Waals surface area contributed by atoms with Gasteiger partial charge >= 0.3 is 0 Å². The second-order valence-corrected chi connectivity index (χ2v) is 9.59. The summed E-state index contributed by atoms with van der Waals surface area (Å²) in [6, 6.07) is 29.9. The molecule has 2 aromatic heterocycles. The van der Waals surface area contributed by atoms with Gasteiger partial charge in [0.1, 0.15) is 0 Å². The summed E-state index contributed by atoms with van der Waals surface area (Å²) in [7, 11) is 0. The number of rotatable bonds is 4. The molecule has 0 amide bonds. The fourth-order valence-corrected chi connectivity index (χ4v) is 5.70. The van der Waals surface area contributed by atoms with Crippen LogP contribution in [0.15, 0.2) is 127 Å². The monoisotopic (exact) mass is 496 g/mol. The fourth-order valence-electron chi connectivity index (χ4n) is 4.45. The maximum absolute atomic E-state index is 8.43. The Bertz CT molecular complexity index is 2060. The number of hydrogen-bond acceptors (Lipinski definition) is 4. The Kier molecular flexibility index (Phi) is 4.15. The van der Waals surface area contributed by atoms with Gasteiger partial charge in [-0.2, -0.15) is 0 Å². The molecule has 3 nitrogen and oxygen atoms in total. The molecule has 37 heavy (non-hydrogen) atoms. The predicted octanol–water partition coefficient (Wildman–Crippen LogP) is 8.91. The molecule has 0 saturated carbocycles. The normalized spacial score (nSPS) is 13.1. The molecule has 0 bridgehead atoms. The van der Waals surface area contributed by atoms with Crippen molar-refractivity contribution in [3.63, 3.8) is 0 Å². The number of benzene rings is 5. The van der Waals surface area contributed by atoms with E-state index in [1.54, 1.807) is 11.3 Å². The quantitative estimate of drug-likeness (QED) is 0.244. The second kappa shape index (κ2) is 9.08. The Morgan fingerprint density at radius 1 is 0.514 bits per heavy atom. The maximum atomic E-state index is 8.43. The average Bonchev–Trinajstić information content (AvgIpc) is 3.42. The zero-order valence-corrected chi connectivity index (χ0v) is 20.3. The highest BCUT2D eigenvalue weighted by Crippen LogP contribution is 2.41. The van der Waals surface area contributed by atoms with Gasteiger partial charge in [0.25, 0.3) is 0 Å². The van der Waals surface area contributed by atoms with E-state index in [4.69, 9.17) is 21.8 Å². The molecule has 0 aliphatic carbocycles. The number of nitrogens with zero attached hydrogens (tertiary/aromatic N) is 3.